The number of aromatic hydroxyl groups is 1. The zero-order valence-electron chi connectivity index (χ0n) is 7.84. The fraction of sp³-hybridized carbons (Fsp3) is 0.400. The Labute approximate surface area is 77.4 Å². The number of phenols is 1. The maximum Gasteiger partial charge on any atom is 0.122 e. The van der Waals surface area contributed by atoms with E-state index in [9.17, 15) is 9.50 Å². The van der Waals surface area contributed by atoms with E-state index in [0.29, 0.717) is 12.1 Å². The van der Waals surface area contributed by atoms with Gasteiger partial charge in [-0.25, -0.2) is 4.39 Å². The molecule has 0 radical (unpaired) electrons. The lowest BCUT2D eigenvalue weighted by atomic mass is 10.1. The molecule has 1 aromatic carbocycles. The molecular formula is C10H14FNO. The predicted molar refractivity (Wildman–Crippen MR) is 50.4 cm³/mol. The molecule has 1 rings (SSSR count). The third-order valence-corrected chi connectivity index (χ3v) is 1.93. The molecule has 0 aromatic heterocycles. The first-order valence-corrected chi connectivity index (χ1v) is 4.25. The van der Waals surface area contributed by atoms with Crippen molar-refractivity contribution in [2.45, 2.75) is 19.6 Å². The van der Waals surface area contributed by atoms with Crippen molar-refractivity contribution in [1.82, 2.24) is 5.32 Å². The second-order valence-corrected chi connectivity index (χ2v) is 3.03. The van der Waals surface area contributed by atoms with E-state index in [4.69, 9.17) is 0 Å². The van der Waals surface area contributed by atoms with Crippen LogP contribution in [0.25, 0.3) is 0 Å². The highest BCUT2D eigenvalue weighted by Crippen LogP contribution is 2.23. The standard InChI is InChI=1S/C10H14FNO/c1-7(11)8-3-4-10(13)9(5-8)6-12-2/h3-5,7,12-13H,6H2,1-2H3. The quantitative estimate of drug-likeness (QED) is 0.752. The number of alkyl halides is 1. The highest BCUT2D eigenvalue weighted by Gasteiger charge is 2.06. The first-order valence-electron chi connectivity index (χ1n) is 4.25. The number of nitrogens with one attached hydrogen (secondary N) is 1. The van der Waals surface area contributed by atoms with Gasteiger partial charge in [0.15, 0.2) is 0 Å². The topological polar surface area (TPSA) is 32.3 Å². The van der Waals surface area contributed by atoms with Crippen LogP contribution in [-0.4, -0.2) is 12.2 Å². The van der Waals surface area contributed by atoms with Gasteiger partial charge in [-0.15, -0.1) is 0 Å². The summed E-state index contributed by atoms with van der Waals surface area (Å²) in [7, 11) is 1.78. The van der Waals surface area contributed by atoms with E-state index < -0.39 is 6.17 Å². The number of halogens is 1. The summed E-state index contributed by atoms with van der Waals surface area (Å²) < 4.78 is 12.9. The zero-order chi connectivity index (χ0) is 9.84. The van der Waals surface area contributed by atoms with Crippen molar-refractivity contribution in [3.05, 3.63) is 29.3 Å². The first kappa shape index (κ1) is 9.99. The van der Waals surface area contributed by atoms with E-state index in [0.717, 1.165) is 5.56 Å². The predicted octanol–water partition coefficient (Wildman–Crippen LogP) is 2.14. The molecule has 1 atom stereocenters. The number of hydrogen-bond donors (Lipinski definition) is 2. The molecule has 0 saturated heterocycles. The molecule has 0 saturated carbocycles. The van der Waals surface area contributed by atoms with Crippen molar-refractivity contribution in [1.29, 1.82) is 0 Å². The van der Waals surface area contributed by atoms with Crippen molar-refractivity contribution < 1.29 is 9.50 Å². The molecule has 0 aliphatic rings. The third-order valence-electron chi connectivity index (χ3n) is 1.93. The van der Waals surface area contributed by atoms with E-state index >= 15 is 0 Å². The fourth-order valence-corrected chi connectivity index (χ4v) is 1.18. The average molecular weight is 183 g/mol. The molecule has 0 bridgehead atoms. The van der Waals surface area contributed by atoms with Gasteiger partial charge in [-0.05, 0) is 31.7 Å². The van der Waals surface area contributed by atoms with Gasteiger partial charge in [0.1, 0.15) is 11.9 Å². The Morgan fingerprint density at radius 2 is 2.23 bits per heavy atom. The third kappa shape index (κ3) is 2.42. The number of hydrogen-bond acceptors (Lipinski definition) is 2. The minimum Gasteiger partial charge on any atom is -0.508 e. The Morgan fingerprint density at radius 3 is 2.77 bits per heavy atom. The maximum atomic E-state index is 12.9. The van der Waals surface area contributed by atoms with Gasteiger partial charge in [0.2, 0.25) is 0 Å². The molecule has 0 fully saturated rings. The molecule has 0 amide bonds. The van der Waals surface area contributed by atoms with E-state index in [1.165, 1.54) is 13.0 Å². The Balaban J connectivity index is 2.97. The van der Waals surface area contributed by atoms with Crippen molar-refractivity contribution in [2.24, 2.45) is 0 Å². The average Bonchev–Trinajstić information content (AvgIpc) is 2.08. The van der Waals surface area contributed by atoms with Gasteiger partial charge in [-0.3, -0.25) is 0 Å². The second-order valence-electron chi connectivity index (χ2n) is 3.03. The Hall–Kier alpha value is -1.09. The van der Waals surface area contributed by atoms with Gasteiger partial charge in [0, 0.05) is 12.1 Å². The van der Waals surface area contributed by atoms with Crippen LogP contribution in [0.2, 0.25) is 0 Å². The molecule has 0 spiro atoms. The summed E-state index contributed by atoms with van der Waals surface area (Å²) in [4.78, 5) is 0. The number of rotatable bonds is 3. The SMILES string of the molecule is CNCc1cc(C(C)F)ccc1O. The first-order chi connectivity index (χ1) is 6.15. The molecule has 1 unspecified atom stereocenters. The van der Waals surface area contributed by atoms with Crippen molar-refractivity contribution in [3.63, 3.8) is 0 Å². The number of benzene rings is 1. The maximum absolute atomic E-state index is 12.9. The molecular weight excluding hydrogens is 169 g/mol. The van der Waals surface area contributed by atoms with Crippen LogP contribution in [0.1, 0.15) is 24.2 Å². The summed E-state index contributed by atoms with van der Waals surface area (Å²) in [6.07, 6.45) is -0.990. The van der Waals surface area contributed by atoms with Gasteiger partial charge in [0.05, 0.1) is 0 Å². The van der Waals surface area contributed by atoms with Crippen LogP contribution in [-0.2, 0) is 6.54 Å². The van der Waals surface area contributed by atoms with E-state index in [2.05, 4.69) is 5.32 Å². The summed E-state index contributed by atoms with van der Waals surface area (Å²) in [5.74, 6) is 0.207. The van der Waals surface area contributed by atoms with Gasteiger partial charge in [-0.2, -0.15) is 0 Å². The van der Waals surface area contributed by atoms with Gasteiger partial charge >= 0.3 is 0 Å². The van der Waals surface area contributed by atoms with Crippen LogP contribution in [0.15, 0.2) is 18.2 Å². The molecule has 2 nitrogen and oxygen atoms in total. The summed E-state index contributed by atoms with van der Waals surface area (Å²) >= 11 is 0. The summed E-state index contributed by atoms with van der Waals surface area (Å²) in [6.45, 7) is 2.03. The Morgan fingerprint density at radius 1 is 1.54 bits per heavy atom. The van der Waals surface area contributed by atoms with Crippen molar-refractivity contribution >= 4 is 0 Å². The summed E-state index contributed by atoms with van der Waals surface area (Å²) in [6, 6.07) is 4.80. The molecule has 0 aliphatic carbocycles. The van der Waals surface area contributed by atoms with Crippen LogP contribution in [0.4, 0.5) is 4.39 Å². The zero-order valence-corrected chi connectivity index (χ0v) is 7.84. The monoisotopic (exact) mass is 183 g/mol. The molecule has 0 heterocycles. The van der Waals surface area contributed by atoms with Crippen LogP contribution in [0.3, 0.4) is 0 Å². The summed E-state index contributed by atoms with van der Waals surface area (Å²) in [5.41, 5.74) is 1.33. The molecule has 72 valence electrons. The molecule has 1 aromatic rings. The van der Waals surface area contributed by atoms with Gasteiger partial charge in [0.25, 0.3) is 0 Å². The van der Waals surface area contributed by atoms with E-state index in [1.807, 2.05) is 0 Å². The lowest BCUT2D eigenvalue weighted by Crippen LogP contribution is -2.05. The number of phenolic OH excluding ortho intramolecular Hbond substituents is 1. The fourth-order valence-electron chi connectivity index (χ4n) is 1.18. The molecule has 3 heteroatoms. The van der Waals surface area contributed by atoms with Crippen LogP contribution < -0.4 is 5.32 Å². The van der Waals surface area contributed by atoms with Crippen molar-refractivity contribution in [2.75, 3.05) is 7.05 Å². The van der Waals surface area contributed by atoms with Gasteiger partial charge < -0.3 is 10.4 Å². The van der Waals surface area contributed by atoms with E-state index in [-0.39, 0.29) is 5.75 Å². The van der Waals surface area contributed by atoms with Crippen LogP contribution in [0.5, 0.6) is 5.75 Å². The van der Waals surface area contributed by atoms with E-state index in [1.54, 1.807) is 19.2 Å². The molecule has 0 aliphatic heterocycles. The largest absolute Gasteiger partial charge is 0.508 e. The highest BCUT2D eigenvalue weighted by atomic mass is 19.1. The molecule has 13 heavy (non-hydrogen) atoms. The smallest absolute Gasteiger partial charge is 0.122 e. The van der Waals surface area contributed by atoms with Crippen LogP contribution >= 0.6 is 0 Å². The van der Waals surface area contributed by atoms with Crippen LogP contribution in [0, 0.1) is 0 Å². The minimum absolute atomic E-state index is 0.207. The minimum atomic E-state index is -0.990. The normalized spacial score (nSPS) is 12.8. The Bertz CT molecular complexity index is 286. The van der Waals surface area contributed by atoms with Gasteiger partial charge in [-0.1, -0.05) is 6.07 Å². The molecule has 2 N–H and O–H groups in total. The highest BCUT2D eigenvalue weighted by molar-refractivity contribution is 5.36. The second kappa shape index (κ2) is 4.23. The lowest BCUT2D eigenvalue weighted by Gasteiger charge is -2.07. The van der Waals surface area contributed by atoms with Crippen molar-refractivity contribution in [3.8, 4) is 5.75 Å². The summed E-state index contributed by atoms with van der Waals surface area (Å²) in [5, 5.41) is 12.3. The Kier molecular flexibility index (Phi) is 3.25. The lowest BCUT2D eigenvalue weighted by molar-refractivity contribution is 0.373.